The van der Waals surface area contributed by atoms with E-state index in [9.17, 15) is 4.21 Å². The molecule has 0 radical (unpaired) electrons. The molecule has 4 nitrogen and oxygen atoms in total. The summed E-state index contributed by atoms with van der Waals surface area (Å²) < 4.78 is 18.7. The summed E-state index contributed by atoms with van der Waals surface area (Å²) in [5.74, 6) is 1.71. The van der Waals surface area contributed by atoms with Crippen molar-refractivity contribution < 1.29 is 8.95 Å². The van der Waals surface area contributed by atoms with Crippen molar-refractivity contribution >= 4 is 16.6 Å². The van der Waals surface area contributed by atoms with E-state index in [0.29, 0.717) is 17.6 Å². The highest BCUT2D eigenvalue weighted by Crippen LogP contribution is 2.29. The summed E-state index contributed by atoms with van der Waals surface area (Å²) in [6.45, 7) is 2.08. The van der Waals surface area contributed by atoms with E-state index in [2.05, 4.69) is 37.3 Å². The zero-order valence-corrected chi connectivity index (χ0v) is 20.2. The minimum Gasteiger partial charge on any atom is -0.496 e. The SMILES string of the molecule is COc1ccc(-c2ccc(C)cc2)cc1CS(=O)c1ccc(C(N)=NC2CCCCC2)cc1. The molecule has 0 aliphatic heterocycles. The predicted octanol–water partition coefficient (Wildman–Crippen LogP) is 6.02. The first-order valence-corrected chi connectivity index (χ1v) is 12.9. The van der Waals surface area contributed by atoms with Crippen molar-refractivity contribution in [2.75, 3.05) is 7.11 Å². The molecule has 1 saturated carbocycles. The fourth-order valence-corrected chi connectivity index (χ4v) is 5.41. The van der Waals surface area contributed by atoms with Crippen molar-refractivity contribution in [2.45, 2.75) is 55.7 Å². The molecule has 5 heteroatoms. The Hall–Kier alpha value is -2.92. The highest BCUT2D eigenvalue weighted by molar-refractivity contribution is 7.84. The maximum Gasteiger partial charge on any atom is 0.125 e. The zero-order chi connectivity index (χ0) is 23.2. The molecule has 172 valence electrons. The number of hydrogen-bond donors (Lipinski definition) is 1. The Labute approximate surface area is 199 Å². The molecule has 0 bridgehead atoms. The molecular formula is C28H32N2O2S. The Morgan fingerprint density at radius 1 is 0.970 bits per heavy atom. The predicted molar refractivity (Wildman–Crippen MR) is 137 cm³/mol. The first-order valence-electron chi connectivity index (χ1n) is 11.6. The Morgan fingerprint density at radius 3 is 2.30 bits per heavy atom. The zero-order valence-electron chi connectivity index (χ0n) is 19.4. The fourth-order valence-electron chi connectivity index (χ4n) is 4.30. The lowest BCUT2D eigenvalue weighted by Gasteiger charge is -2.18. The van der Waals surface area contributed by atoms with Crippen LogP contribution in [0.3, 0.4) is 0 Å². The number of aliphatic imine (C=N–C) groups is 1. The average Bonchev–Trinajstić information content (AvgIpc) is 2.85. The maximum absolute atomic E-state index is 13.2. The summed E-state index contributed by atoms with van der Waals surface area (Å²) in [6, 6.07) is 22.5. The van der Waals surface area contributed by atoms with Crippen LogP contribution < -0.4 is 10.5 Å². The molecule has 1 fully saturated rings. The number of nitrogens with zero attached hydrogens (tertiary/aromatic N) is 1. The molecule has 2 N–H and O–H groups in total. The number of hydrogen-bond acceptors (Lipinski definition) is 3. The lowest BCUT2D eigenvalue weighted by Crippen LogP contribution is -2.19. The number of nitrogens with two attached hydrogens (primary N) is 1. The Bertz CT molecular complexity index is 1130. The minimum atomic E-state index is -1.20. The average molecular weight is 461 g/mol. The first-order chi connectivity index (χ1) is 16.0. The van der Waals surface area contributed by atoms with E-state index >= 15 is 0 Å². The van der Waals surface area contributed by atoms with Gasteiger partial charge in [0, 0.05) is 16.0 Å². The lowest BCUT2D eigenvalue weighted by molar-refractivity contribution is 0.411. The molecule has 0 aromatic heterocycles. The van der Waals surface area contributed by atoms with Crippen LogP contribution in [0.4, 0.5) is 0 Å². The van der Waals surface area contributed by atoms with Crippen molar-refractivity contribution in [1.29, 1.82) is 0 Å². The van der Waals surface area contributed by atoms with E-state index in [0.717, 1.165) is 45.7 Å². The quantitative estimate of drug-likeness (QED) is 0.346. The van der Waals surface area contributed by atoms with Gasteiger partial charge in [0.15, 0.2) is 0 Å². The molecule has 3 aromatic carbocycles. The van der Waals surface area contributed by atoms with Crippen LogP contribution in [0.15, 0.2) is 76.6 Å². The molecular weight excluding hydrogens is 428 g/mol. The smallest absolute Gasteiger partial charge is 0.125 e. The largest absolute Gasteiger partial charge is 0.496 e. The van der Waals surface area contributed by atoms with Crippen LogP contribution in [0, 0.1) is 6.92 Å². The van der Waals surface area contributed by atoms with Gasteiger partial charge in [-0.3, -0.25) is 9.20 Å². The molecule has 0 amide bonds. The van der Waals surface area contributed by atoms with Crippen molar-refractivity contribution in [1.82, 2.24) is 0 Å². The Kier molecular flexibility index (Phi) is 7.61. The number of aryl methyl sites for hydroxylation is 1. The van der Waals surface area contributed by atoms with Crippen molar-refractivity contribution in [2.24, 2.45) is 10.7 Å². The van der Waals surface area contributed by atoms with Gasteiger partial charge in [0.2, 0.25) is 0 Å². The molecule has 1 aliphatic carbocycles. The van der Waals surface area contributed by atoms with Gasteiger partial charge >= 0.3 is 0 Å². The van der Waals surface area contributed by atoms with E-state index in [-0.39, 0.29) is 0 Å². The van der Waals surface area contributed by atoms with Gasteiger partial charge in [-0.05, 0) is 55.2 Å². The second kappa shape index (κ2) is 10.8. The molecule has 33 heavy (non-hydrogen) atoms. The van der Waals surface area contributed by atoms with Gasteiger partial charge in [0.25, 0.3) is 0 Å². The molecule has 4 rings (SSSR count). The summed E-state index contributed by atoms with van der Waals surface area (Å²) >= 11 is 0. The van der Waals surface area contributed by atoms with E-state index < -0.39 is 10.8 Å². The lowest BCUT2D eigenvalue weighted by atomic mass is 9.96. The minimum absolute atomic E-state index is 0.334. The fraction of sp³-hybridized carbons (Fsp3) is 0.321. The summed E-state index contributed by atoms with van der Waals surface area (Å²) in [4.78, 5) is 5.49. The van der Waals surface area contributed by atoms with E-state index in [1.807, 2.05) is 36.4 Å². The van der Waals surface area contributed by atoms with Crippen LogP contribution >= 0.6 is 0 Å². The van der Waals surface area contributed by atoms with Crippen molar-refractivity contribution in [3.63, 3.8) is 0 Å². The number of benzene rings is 3. The summed E-state index contributed by atoms with van der Waals surface area (Å²) in [5, 5.41) is 0. The van der Waals surface area contributed by atoms with Crippen LogP contribution in [-0.2, 0) is 16.6 Å². The maximum atomic E-state index is 13.2. The second-order valence-corrected chi connectivity index (χ2v) is 10.2. The van der Waals surface area contributed by atoms with Gasteiger partial charge < -0.3 is 10.5 Å². The molecule has 1 atom stereocenters. The monoisotopic (exact) mass is 460 g/mol. The van der Waals surface area contributed by atoms with Crippen molar-refractivity contribution in [3.8, 4) is 16.9 Å². The van der Waals surface area contributed by atoms with Crippen LogP contribution in [0.5, 0.6) is 5.75 Å². The van der Waals surface area contributed by atoms with Gasteiger partial charge in [0.1, 0.15) is 11.6 Å². The third kappa shape index (κ3) is 5.91. The number of ether oxygens (including phenoxy) is 1. The van der Waals surface area contributed by atoms with Gasteiger partial charge in [-0.25, -0.2) is 0 Å². The molecule has 3 aromatic rings. The number of methoxy groups -OCH3 is 1. The van der Waals surface area contributed by atoms with Gasteiger partial charge in [-0.1, -0.05) is 67.3 Å². The number of rotatable bonds is 7. The van der Waals surface area contributed by atoms with Gasteiger partial charge in [-0.2, -0.15) is 0 Å². The molecule has 1 aliphatic rings. The Balaban J connectivity index is 1.50. The molecule has 0 heterocycles. The molecule has 0 saturated heterocycles. The highest BCUT2D eigenvalue weighted by Gasteiger charge is 2.14. The van der Waals surface area contributed by atoms with E-state index in [4.69, 9.17) is 15.5 Å². The van der Waals surface area contributed by atoms with Crippen molar-refractivity contribution in [3.05, 3.63) is 83.4 Å². The van der Waals surface area contributed by atoms with Gasteiger partial charge in [-0.15, -0.1) is 0 Å². The highest BCUT2D eigenvalue weighted by atomic mass is 32.2. The standard InChI is InChI=1S/C28H32N2O2S/c1-20-8-10-21(11-9-20)23-14-17-27(32-2)24(18-23)19-33(31)26-15-12-22(13-16-26)28(29)30-25-6-4-3-5-7-25/h8-18,25H,3-7,19H2,1-2H3,(H2,29,30). The topological polar surface area (TPSA) is 64.7 Å². The molecule has 0 spiro atoms. The summed E-state index contributed by atoms with van der Waals surface area (Å²) in [7, 11) is 0.446. The van der Waals surface area contributed by atoms with Crippen LogP contribution in [0.2, 0.25) is 0 Å². The van der Waals surface area contributed by atoms with E-state index in [1.165, 1.54) is 24.8 Å². The normalized spacial score (nSPS) is 15.9. The third-order valence-electron chi connectivity index (χ3n) is 6.26. The van der Waals surface area contributed by atoms with Crippen LogP contribution in [0.1, 0.15) is 48.8 Å². The van der Waals surface area contributed by atoms with E-state index in [1.54, 1.807) is 7.11 Å². The molecule has 1 unspecified atom stereocenters. The first kappa shape index (κ1) is 23.2. The van der Waals surface area contributed by atoms with Crippen LogP contribution in [0.25, 0.3) is 11.1 Å². The number of amidine groups is 1. The summed E-state index contributed by atoms with van der Waals surface area (Å²) in [5.41, 5.74) is 11.5. The summed E-state index contributed by atoms with van der Waals surface area (Å²) in [6.07, 6.45) is 5.99. The second-order valence-electron chi connectivity index (χ2n) is 8.71. The van der Waals surface area contributed by atoms with Gasteiger partial charge in [0.05, 0.1) is 29.7 Å². The van der Waals surface area contributed by atoms with Crippen LogP contribution in [-0.4, -0.2) is 23.2 Å². The Morgan fingerprint density at radius 2 is 1.64 bits per heavy atom. The third-order valence-corrected chi connectivity index (χ3v) is 7.63.